The van der Waals surface area contributed by atoms with Gasteiger partial charge in [0.15, 0.2) is 9.84 Å². The van der Waals surface area contributed by atoms with Crippen LogP contribution in [0.2, 0.25) is 0 Å². The average molecular weight is 333 g/mol. The topological polar surface area (TPSA) is 72.5 Å². The minimum atomic E-state index is -3.11. The van der Waals surface area contributed by atoms with Crippen molar-refractivity contribution in [3.63, 3.8) is 0 Å². The van der Waals surface area contributed by atoms with Crippen LogP contribution in [0.1, 0.15) is 24.9 Å². The van der Waals surface area contributed by atoms with Gasteiger partial charge in [0.05, 0.1) is 23.5 Å². The Morgan fingerprint density at radius 2 is 1.95 bits per heavy atom. The number of alkyl halides is 2. The van der Waals surface area contributed by atoms with E-state index in [0.717, 1.165) is 5.56 Å². The maximum Gasteiger partial charge on any atom is 0.387 e. The fraction of sp³-hybridized carbons (Fsp3) is 0.500. The Bertz CT molecular complexity index is 631. The number of sulfone groups is 1. The van der Waals surface area contributed by atoms with Gasteiger partial charge in [0.25, 0.3) is 0 Å². The molecule has 1 aromatic carbocycles. The first-order chi connectivity index (χ1) is 10.3. The van der Waals surface area contributed by atoms with Crippen molar-refractivity contribution in [1.82, 2.24) is 5.32 Å². The summed E-state index contributed by atoms with van der Waals surface area (Å²) in [5, 5.41) is 2.74. The van der Waals surface area contributed by atoms with Crippen LogP contribution in [0.15, 0.2) is 24.3 Å². The molecule has 1 N–H and O–H groups in total. The first-order valence-electron chi connectivity index (χ1n) is 6.82. The molecule has 0 saturated carbocycles. The van der Waals surface area contributed by atoms with Crippen LogP contribution < -0.4 is 10.1 Å². The van der Waals surface area contributed by atoms with Crippen LogP contribution in [-0.2, 0) is 14.6 Å². The number of rotatable bonds is 5. The Morgan fingerprint density at radius 3 is 2.45 bits per heavy atom. The van der Waals surface area contributed by atoms with Gasteiger partial charge < -0.3 is 10.1 Å². The molecule has 8 heteroatoms. The Hall–Kier alpha value is -1.70. The monoisotopic (exact) mass is 333 g/mol. The quantitative estimate of drug-likeness (QED) is 0.893. The average Bonchev–Trinajstić information content (AvgIpc) is 2.79. The van der Waals surface area contributed by atoms with E-state index in [-0.39, 0.29) is 29.2 Å². The largest absolute Gasteiger partial charge is 0.435 e. The van der Waals surface area contributed by atoms with Gasteiger partial charge in [0.2, 0.25) is 5.91 Å². The second-order valence-electron chi connectivity index (χ2n) is 5.28. The van der Waals surface area contributed by atoms with Gasteiger partial charge in [-0.2, -0.15) is 8.78 Å². The minimum absolute atomic E-state index is 0.0408. The summed E-state index contributed by atoms with van der Waals surface area (Å²) in [6, 6.07) is 5.59. The summed E-state index contributed by atoms with van der Waals surface area (Å²) < 4.78 is 51.1. The lowest BCUT2D eigenvalue weighted by Crippen LogP contribution is -2.33. The van der Waals surface area contributed by atoms with Crippen molar-refractivity contribution in [3.05, 3.63) is 29.8 Å². The molecular formula is C14H17F2NO4S. The number of ether oxygens (including phenoxy) is 1. The van der Waals surface area contributed by atoms with E-state index in [1.165, 1.54) is 12.1 Å². The zero-order valence-corrected chi connectivity index (χ0v) is 12.8. The lowest BCUT2D eigenvalue weighted by atomic mass is 10.1. The maximum atomic E-state index is 12.1. The van der Waals surface area contributed by atoms with Gasteiger partial charge >= 0.3 is 6.61 Å². The van der Waals surface area contributed by atoms with Crippen molar-refractivity contribution in [2.45, 2.75) is 26.0 Å². The summed E-state index contributed by atoms with van der Waals surface area (Å²) in [5.41, 5.74) is 0.718. The summed E-state index contributed by atoms with van der Waals surface area (Å²) in [5.74, 6) is -0.860. The first-order valence-corrected chi connectivity index (χ1v) is 8.64. The van der Waals surface area contributed by atoms with E-state index in [2.05, 4.69) is 10.1 Å². The molecule has 0 aliphatic carbocycles. The number of benzene rings is 1. The van der Waals surface area contributed by atoms with E-state index in [1.54, 1.807) is 19.1 Å². The smallest absolute Gasteiger partial charge is 0.387 e. The number of hydrogen-bond acceptors (Lipinski definition) is 4. The second kappa shape index (κ2) is 6.60. The molecule has 1 fully saturated rings. The van der Waals surface area contributed by atoms with E-state index in [0.29, 0.717) is 6.42 Å². The summed E-state index contributed by atoms with van der Waals surface area (Å²) in [4.78, 5) is 12.0. The standard InChI is InChI=1S/C14H17F2NO4S/c1-9(10-2-4-12(5-3-10)21-14(15)16)17-13(18)11-6-7-22(19,20)8-11/h2-5,9,11,14H,6-8H2,1H3,(H,17,18)/t9-,11+/m0/s1. The molecule has 0 radical (unpaired) electrons. The lowest BCUT2D eigenvalue weighted by molar-refractivity contribution is -0.124. The number of nitrogens with one attached hydrogen (secondary N) is 1. The highest BCUT2D eigenvalue weighted by molar-refractivity contribution is 7.91. The van der Waals surface area contributed by atoms with Gasteiger partial charge in [0.1, 0.15) is 5.75 Å². The van der Waals surface area contributed by atoms with Crippen molar-refractivity contribution in [2.75, 3.05) is 11.5 Å². The van der Waals surface area contributed by atoms with Crippen molar-refractivity contribution >= 4 is 15.7 Å². The van der Waals surface area contributed by atoms with Crippen molar-refractivity contribution in [1.29, 1.82) is 0 Å². The Labute approximate surface area is 127 Å². The molecule has 1 heterocycles. The number of amides is 1. The minimum Gasteiger partial charge on any atom is -0.435 e. The van der Waals surface area contributed by atoms with Crippen LogP contribution in [0.5, 0.6) is 5.75 Å². The van der Waals surface area contributed by atoms with Crippen LogP contribution in [0, 0.1) is 5.92 Å². The summed E-state index contributed by atoms with van der Waals surface area (Å²) in [6.07, 6.45) is 0.335. The maximum absolute atomic E-state index is 12.1. The van der Waals surface area contributed by atoms with Crippen LogP contribution in [-0.4, -0.2) is 32.4 Å². The highest BCUT2D eigenvalue weighted by Gasteiger charge is 2.33. The van der Waals surface area contributed by atoms with Gasteiger partial charge in [-0.15, -0.1) is 0 Å². The van der Waals surface area contributed by atoms with Crippen molar-refractivity contribution in [3.8, 4) is 5.75 Å². The van der Waals surface area contributed by atoms with Crippen LogP contribution in [0.4, 0.5) is 8.78 Å². The number of carbonyl (C=O) groups excluding carboxylic acids is 1. The molecule has 1 aliphatic heterocycles. The molecule has 2 rings (SSSR count). The van der Waals surface area contributed by atoms with E-state index in [4.69, 9.17) is 0 Å². The Kier molecular flexibility index (Phi) is 5.00. The predicted molar refractivity (Wildman–Crippen MR) is 76.4 cm³/mol. The predicted octanol–water partition coefficient (Wildman–Crippen LogP) is 1.90. The number of halogens is 2. The third-order valence-electron chi connectivity index (χ3n) is 3.57. The molecule has 0 bridgehead atoms. The molecule has 1 aliphatic rings. The molecule has 1 amide bonds. The molecule has 0 spiro atoms. The molecule has 122 valence electrons. The molecule has 1 aromatic rings. The van der Waals surface area contributed by atoms with Crippen LogP contribution in [0.25, 0.3) is 0 Å². The van der Waals surface area contributed by atoms with Crippen molar-refractivity contribution in [2.24, 2.45) is 5.92 Å². The molecule has 1 saturated heterocycles. The Morgan fingerprint density at radius 1 is 1.32 bits per heavy atom. The van der Waals surface area contributed by atoms with E-state index >= 15 is 0 Å². The highest BCUT2D eigenvalue weighted by atomic mass is 32.2. The first kappa shape index (κ1) is 16.7. The van der Waals surface area contributed by atoms with Crippen LogP contribution >= 0.6 is 0 Å². The summed E-state index contributed by atoms with van der Waals surface area (Å²) >= 11 is 0. The number of carbonyl (C=O) groups is 1. The normalized spacial score (nSPS) is 21.5. The molecule has 0 unspecified atom stereocenters. The van der Waals surface area contributed by atoms with Gasteiger partial charge in [0, 0.05) is 0 Å². The fourth-order valence-corrected chi connectivity index (χ4v) is 4.10. The fourth-order valence-electron chi connectivity index (χ4n) is 2.35. The zero-order valence-electron chi connectivity index (χ0n) is 12.0. The van der Waals surface area contributed by atoms with E-state index in [9.17, 15) is 22.0 Å². The van der Waals surface area contributed by atoms with E-state index < -0.39 is 22.4 Å². The lowest BCUT2D eigenvalue weighted by Gasteiger charge is -2.17. The molecule has 22 heavy (non-hydrogen) atoms. The highest BCUT2D eigenvalue weighted by Crippen LogP contribution is 2.22. The molecule has 2 atom stereocenters. The SMILES string of the molecule is C[C@H](NC(=O)[C@@H]1CCS(=O)(=O)C1)c1ccc(OC(F)F)cc1. The van der Waals surface area contributed by atoms with Gasteiger partial charge in [-0.3, -0.25) is 4.79 Å². The van der Waals surface area contributed by atoms with Crippen molar-refractivity contribution < 1.29 is 26.7 Å². The molecule has 0 aromatic heterocycles. The third-order valence-corrected chi connectivity index (χ3v) is 5.34. The van der Waals surface area contributed by atoms with Crippen LogP contribution in [0.3, 0.4) is 0 Å². The summed E-state index contributed by atoms with van der Waals surface area (Å²) in [6.45, 7) is -1.14. The summed E-state index contributed by atoms with van der Waals surface area (Å²) in [7, 11) is -3.11. The van der Waals surface area contributed by atoms with Gasteiger partial charge in [-0.1, -0.05) is 12.1 Å². The third kappa shape index (κ3) is 4.40. The molecular weight excluding hydrogens is 316 g/mol. The van der Waals surface area contributed by atoms with Gasteiger partial charge in [-0.05, 0) is 31.0 Å². The second-order valence-corrected chi connectivity index (χ2v) is 7.51. The van der Waals surface area contributed by atoms with Gasteiger partial charge in [-0.25, -0.2) is 8.42 Å². The Balaban J connectivity index is 1.94. The van der Waals surface area contributed by atoms with E-state index in [1.807, 2.05) is 0 Å². The molecule has 5 nitrogen and oxygen atoms in total. The number of hydrogen-bond donors (Lipinski definition) is 1. The zero-order chi connectivity index (χ0) is 16.3.